The summed E-state index contributed by atoms with van der Waals surface area (Å²) >= 11 is 4.66. The molecular formula is C41H56N6O5S3. The second kappa shape index (κ2) is 22.5. The number of hydrogen-bond acceptors (Lipinski definition) is 10. The second-order valence-electron chi connectivity index (χ2n) is 14.2. The quantitative estimate of drug-likeness (QED) is 0.0721. The number of nitrogens with one attached hydrogen (secondary N) is 3. The molecule has 0 aliphatic carbocycles. The summed E-state index contributed by atoms with van der Waals surface area (Å²) < 4.78 is 12.4. The first-order valence-electron chi connectivity index (χ1n) is 18.8. The molecule has 1 unspecified atom stereocenters. The number of rotatable bonds is 21. The van der Waals surface area contributed by atoms with Crippen molar-refractivity contribution in [1.82, 2.24) is 30.8 Å². The van der Waals surface area contributed by atoms with Gasteiger partial charge in [0, 0.05) is 30.6 Å². The molecule has 2 aromatic carbocycles. The molecule has 3 N–H and O–H groups in total. The first-order valence-corrected chi connectivity index (χ1v) is 21.6. The van der Waals surface area contributed by atoms with Crippen molar-refractivity contribution in [3.63, 3.8) is 0 Å². The highest BCUT2D eigenvalue weighted by Crippen LogP contribution is 2.23. The Morgan fingerprint density at radius 2 is 1.56 bits per heavy atom. The van der Waals surface area contributed by atoms with Gasteiger partial charge in [-0.25, -0.2) is 14.6 Å². The Morgan fingerprint density at radius 3 is 2.15 bits per heavy atom. The van der Waals surface area contributed by atoms with Gasteiger partial charge in [-0.1, -0.05) is 95.3 Å². The van der Waals surface area contributed by atoms with Crippen molar-refractivity contribution in [2.24, 2.45) is 5.92 Å². The molecule has 0 saturated heterocycles. The molecule has 0 aliphatic heterocycles. The van der Waals surface area contributed by atoms with Crippen LogP contribution >= 0.6 is 34.4 Å². The van der Waals surface area contributed by atoms with Gasteiger partial charge in [0.1, 0.15) is 18.1 Å². The largest absolute Gasteiger partial charge is 0.444 e. The molecule has 5 atom stereocenters. The van der Waals surface area contributed by atoms with Crippen LogP contribution in [-0.2, 0) is 40.3 Å². The predicted molar refractivity (Wildman–Crippen MR) is 223 cm³/mol. The first kappa shape index (κ1) is 43.7. The summed E-state index contributed by atoms with van der Waals surface area (Å²) in [5.74, 6) is 0.661. The van der Waals surface area contributed by atoms with E-state index in [9.17, 15) is 14.4 Å². The van der Waals surface area contributed by atoms with Crippen molar-refractivity contribution in [1.29, 1.82) is 0 Å². The number of carbonyl (C=O) groups is 3. The molecule has 14 heteroatoms. The summed E-state index contributed by atoms with van der Waals surface area (Å²) in [5, 5.41) is 12.4. The van der Waals surface area contributed by atoms with Gasteiger partial charge < -0.3 is 30.3 Å². The van der Waals surface area contributed by atoms with E-state index >= 15 is 0 Å². The normalized spacial score (nSPS) is 14.1. The molecule has 298 valence electrons. The van der Waals surface area contributed by atoms with Gasteiger partial charge in [-0.3, -0.25) is 9.78 Å². The van der Waals surface area contributed by atoms with Crippen LogP contribution in [0.4, 0.5) is 9.59 Å². The minimum absolute atomic E-state index is 0.106. The van der Waals surface area contributed by atoms with Gasteiger partial charge in [-0.15, -0.1) is 34.4 Å². The Labute approximate surface area is 338 Å². The molecule has 0 aliphatic rings. The SMILES string of the molecule is CCSC(C)O[C@@H](C[C@H](Cc1ccccc1)NC(=O)[C@@H](NC(=O)N(C)Cc1csc(C(C)C)n1)C(C)C)[C@H](Cc1ccccc1)NC(=O)OCc1cncs1. The van der Waals surface area contributed by atoms with Crippen LogP contribution in [0.2, 0.25) is 0 Å². The van der Waals surface area contributed by atoms with Crippen molar-refractivity contribution in [3.8, 4) is 0 Å². The smallest absolute Gasteiger partial charge is 0.407 e. The number of aromatic nitrogens is 2. The van der Waals surface area contributed by atoms with Gasteiger partial charge in [-0.2, -0.15) is 0 Å². The van der Waals surface area contributed by atoms with Gasteiger partial charge in [-0.05, 0) is 49.0 Å². The van der Waals surface area contributed by atoms with E-state index in [4.69, 9.17) is 9.47 Å². The van der Waals surface area contributed by atoms with Crippen molar-refractivity contribution < 1.29 is 23.9 Å². The van der Waals surface area contributed by atoms with Crippen LogP contribution in [0.5, 0.6) is 0 Å². The fourth-order valence-corrected chi connectivity index (χ4v) is 8.06. The lowest BCUT2D eigenvalue weighted by atomic mass is 9.93. The standard InChI is InChI=1S/C41H56N6O5S3/c1-8-53-29(6)52-36(35(20-31-17-13-10-14-18-31)45-41(50)51-24-34-22-42-26-55-34)21-32(19-30-15-11-9-12-16-30)43-38(48)37(27(2)3)46-40(49)47(7)23-33-25-54-39(44-33)28(4)5/h9-18,22,25-29,32,35-37H,8,19-21,23-24H2,1-7H3,(H,43,48)(H,45,50)(H,46,49)/t29?,32-,35-,36-,37-/m0/s1. The number of hydrogen-bond donors (Lipinski definition) is 3. The van der Waals surface area contributed by atoms with Gasteiger partial charge in [0.15, 0.2) is 0 Å². The van der Waals surface area contributed by atoms with Crippen molar-refractivity contribution in [3.05, 3.63) is 104 Å². The number of nitrogens with zero attached hydrogens (tertiary/aromatic N) is 3. The molecule has 0 bridgehead atoms. The number of amides is 4. The zero-order valence-corrected chi connectivity index (χ0v) is 35.3. The summed E-state index contributed by atoms with van der Waals surface area (Å²) in [7, 11) is 1.71. The van der Waals surface area contributed by atoms with Gasteiger partial charge in [0.05, 0.1) is 39.8 Å². The highest BCUT2D eigenvalue weighted by molar-refractivity contribution is 7.99. The lowest BCUT2D eigenvalue weighted by molar-refractivity contribution is -0.125. The maximum Gasteiger partial charge on any atom is 0.407 e. The van der Waals surface area contributed by atoms with Crippen LogP contribution in [0.15, 0.2) is 77.8 Å². The van der Waals surface area contributed by atoms with E-state index in [2.05, 4.69) is 46.7 Å². The number of thiazole rings is 2. The van der Waals surface area contributed by atoms with Crippen LogP contribution in [0.25, 0.3) is 0 Å². The van der Waals surface area contributed by atoms with E-state index in [1.165, 1.54) is 11.3 Å². The number of alkyl carbamates (subject to hydrolysis) is 1. The van der Waals surface area contributed by atoms with Crippen LogP contribution in [0.3, 0.4) is 0 Å². The molecule has 0 spiro atoms. The minimum atomic E-state index is -0.802. The Balaban J connectivity index is 1.58. The first-order chi connectivity index (χ1) is 26.4. The lowest BCUT2D eigenvalue weighted by Crippen LogP contribution is -2.56. The highest BCUT2D eigenvalue weighted by atomic mass is 32.2. The molecule has 0 radical (unpaired) electrons. The second-order valence-corrected chi connectivity index (χ2v) is 17.6. The highest BCUT2D eigenvalue weighted by Gasteiger charge is 2.33. The average Bonchev–Trinajstić information content (AvgIpc) is 3.86. The molecule has 0 saturated carbocycles. The van der Waals surface area contributed by atoms with Crippen LogP contribution in [-0.4, -0.2) is 75.4 Å². The molecule has 0 fully saturated rings. The van der Waals surface area contributed by atoms with E-state index in [0.717, 1.165) is 32.5 Å². The van der Waals surface area contributed by atoms with Gasteiger partial charge >= 0.3 is 12.1 Å². The zero-order valence-electron chi connectivity index (χ0n) is 32.9. The molecule has 4 rings (SSSR count). The maximum atomic E-state index is 14.2. The van der Waals surface area contributed by atoms with E-state index in [1.54, 1.807) is 46.8 Å². The monoisotopic (exact) mass is 808 g/mol. The number of carbonyl (C=O) groups excluding carboxylic acids is 3. The van der Waals surface area contributed by atoms with Crippen molar-refractivity contribution in [2.75, 3.05) is 12.8 Å². The van der Waals surface area contributed by atoms with Gasteiger partial charge in [0.25, 0.3) is 0 Å². The summed E-state index contributed by atoms with van der Waals surface area (Å²) in [6, 6.07) is 17.8. The predicted octanol–water partition coefficient (Wildman–Crippen LogP) is 8.03. The third-order valence-corrected chi connectivity index (χ3v) is 11.7. The lowest BCUT2D eigenvalue weighted by Gasteiger charge is -2.34. The number of ether oxygens (including phenoxy) is 2. The molecule has 2 heterocycles. The third kappa shape index (κ3) is 14.9. The third-order valence-electron chi connectivity index (χ3n) is 8.87. The van der Waals surface area contributed by atoms with E-state index in [-0.39, 0.29) is 29.9 Å². The summed E-state index contributed by atoms with van der Waals surface area (Å²) in [4.78, 5) is 52.2. The topological polar surface area (TPSA) is 135 Å². The fraction of sp³-hybridized carbons (Fsp3) is 0.488. The Kier molecular flexibility index (Phi) is 17.9. The summed E-state index contributed by atoms with van der Waals surface area (Å²) in [5.41, 5.74) is 4.38. The van der Waals surface area contributed by atoms with Crippen LogP contribution in [0, 0.1) is 5.92 Å². The number of benzene rings is 2. The van der Waals surface area contributed by atoms with Crippen molar-refractivity contribution in [2.45, 2.75) is 110 Å². The van der Waals surface area contributed by atoms with Crippen LogP contribution in [0.1, 0.15) is 80.6 Å². The Morgan fingerprint density at radius 1 is 0.891 bits per heavy atom. The van der Waals surface area contributed by atoms with Crippen molar-refractivity contribution >= 4 is 52.5 Å². The molecular weight excluding hydrogens is 753 g/mol. The van der Waals surface area contributed by atoms with Gasteiger partial charge in [0.2, 0.25) is 5.91 Å². The molecule has 4 aromatic rings. The fourth-order valence-electron chi connectivity index (χ4n) is 6.04. The molecule has 11 nitrogen and oxygen atoms in total. The Bertz CT molecular complexity index is 1720. The molecule has 4 amide bonds. The zero-order chi connectivity index (χ0) is 39.7. The summed E-state index contributed by atoms with van der Waals surface area (Å²) in [6.07, 6.45) is 1.96. The molecule has 55 heavy (non-hydrogen) atoms. The summed E-state index contributed by atoms with van der Waals surface area (Å²) in [6.45, 7) is 12.5. The van der Waals surface area contributed by atoms with Crippen LogP contribution < -0.4 is 16.0 Å². The number of thioether (sulfide) groups is 1. The Hall–Kier alpha value is -3.98. The number of urea groups is 1. The van der Waals surface area contributed by atoms with E-state index < -0.39 is 30.3 Å². The maximum absolute atomic E-state index is 14.2. The minimum Gasteiger partial charge on any atom is -0.444 e. The average molecular weight is 809 g/mol. The van der Waals surface area contributed by atoms with E-state index in [0.29, 0.717) is 31.7 Å². The van der Waals surface area contributed by atoms with E-state index in [1.807, 2.05) is 86.8 Å². The molecule has 2 aromatic heterocycles.